The van der Waals surface area contributed by atoms with Gasteiger partial charge in [0, 0.05) is 12.8 Å². The molecular weight excluding hydrogens is 508 g/mol. The summed E-state index contributed by atoms with van der Waals surface area (Å²) in [7, 11) is 0. The molecular formula is C31H38N4O5. The van der Waals surface area contributed by atoms with Gasteiger partial charge in [0.15, 0.2) is 0 Å². The van der Waals surface area contributed by atoms with E-state index in [4.69, 9.17) is 4.74 Å². The lowest BCUT2D eigenvalue weighted by Gasteiger charge is -2.27. The molecule has 3 N–H and O–H groups in total. The number of nitriles is 1. The normalized spacial score (nSPS) is 23.1. The van der Waals surface area contributed by atoms with Crippen LogP contribution in [0.3, 0.4) is 0 Å². The quantitative estimate of drug-likeness (QED) is 0.436. The summed E-state index contributed by atoms with van der Waals surface area (Å²) in [6, 6.07) is 15.2. The van der Waals surface area contributed by atoms with E-state index in [1.54, 1.807) is 24.3 Å². The number of carbonyl (C=O) groups is 4. The van der Waals surface area contributed by atoms with E-state index in [1.165, 1.54) is 6.92 Å². The summed E-state index contributed by atoms with van der Waals surface area (Å²) < 4.78 is 5.92. The van der Waals surface area contributed by atoms with Crippen molar-refractivity contribution in [2.45, 2.75) is 83.5 Å². The van der Waals surface area contributed by atoms with Gasteiger partial charge in [0.1, 0.15) is 24.2 Å². The Balaban J connectivity index is 1.93. The molecule has 0 radical (unpaired) electrons. The molecule has 1 aliphatic heterocycles. The number of ether oxygens (including phenoxy) is 1. The lowest BCUT2D eigenvalue weighted by atomic mass is 9.94. The van der Waals surface area contributed by atoms with E-state index in [9.17, 15) is 24.4 Å². The minimum absolute atomic E-state index is 0.0577. The molecule has 1 heterocycles. The lowest BCUT2D eigenvalue weighted by Crippen LogP contribution is -2.55. The fourth-order valence-corrected chi connectivity index (χ4v) is 4.69. The maximum Gasteiger partial charge on any atom is 0.329 e. The third kappa shape index (κ3) is 8.67. The van der Waals surface area contributed by atoms with Gasteiger partial charge in [-0.3, -0.25) is 14.4 Å². The van der Waals surface area contributed by atoms with Crippen molar-refractivity contribution in [2.75, 3.05) is 0 Å². The third-order valence-corrected chi connectivity index (χ3v) is 7.15. The topological polar surface area (TPSA) is 137 Å². The van der Waals surface area contributed by atoms with Gasteiger partial charge in [-0.05, 0) is 36.5 Å². The first-order valence-corrected chi connectivity index (χ1v) is 13.8. The van der Waals surface area contributed by atoms with Crippen molar-refractivity contribution in [3.63, 3.8) is 0 Å². The Morgan fingerprint density at radius 1 is 0.925 bits per heavy atom. The third-order valence-electron chi connectivity index (χ3n) is 7.15. The SMILES string of the molecule is CCCC[C@H](C)[C@H]1CC(=O)N[C@H](Cc2ccccc2C#N)C(=O)N[C@@H](C)C(=O)N[C@H](Cc2ccccc2)C(=O)O1. The Labute approximate surface area is 235 Å². The van der Waals surface area contributed by atoms with E-state index in [2.05, 4.69) is 28.9 Å². The largest absolute Gasteiger partial charge is 0.460 e. The Morgan fingerprint density at radius 3 is 2.33 bits per heavy atom. The summed E-state index contributed by atoms with van der Waals surface area (Å²) in [5.74, 6) is -2.33. The minimum atomic E-state index is -1.04. The second-order valence-electron chi connectivity index (χ2n) is 10.4. The predicted octanol–water partition coefficient (Wildman–Crippen LogP) is 2.96. The van der Waals surface area contributed by atoms with Crippen LogP contribution in [-0.4, -0.2) is 47.9 Å². The highest BCUT2D eigenvalue weighted by Gasteiger charge is 2.33. The Bertz CT molecular complexity index is 1230. The number of cyclic esters (lactones) is 1. The van der Waals surface area contributed by atoms with Gasteiger partial charge in [-0.25, -0.2) is 4.79 Å². The van der Waals surface area contributed by atoms with E-state index in [0.29, 0.717) is 11.1 Å². The highest BCUT2D eigenvalue weighted by atomic mass is 16.5. The monoisotopic (exact) mass is 546 g/mol. The van der Waals surface area contributed by atoms with E-state index in [1.807, 2.05) is 37.3 Å². The van der Waals surface area contributed by atoms with Gasteiger partial charge in [-0.15, -0.1) is 0 Å². The molecule has 9 heteroatoms. The highest BCUT2D eigenvalue weighted by molar-refractivity contribution is 5.94. The van der Waals surface area contributed by atoms with Crippen molar-refractivity contribution < 1.29 is 23.9 Å². The van der Waals surface area contributed by atoms with Crippen LogP contribution in [0.2, 0.25) is 0 Å². The molecule has 2 aromatic carbocycles. The zero-order valence-electron chi connectivity index (χ0n) is 23.3. The smallest absolute Gasteiger partial charge is 0.329 e. The molecule has 0 aliphatic carbocycles. The number of benzene rings is 2. The fourth-order valence-electron chi connectivity index (χ4n) is 4.69. The van der Waals surface area contributed by atoms with Gasteiger partial charge in [0.25, 0.3) is 0 Å². The number of hydrogen-bond donors (Lipinski definition) is 3. The Kier molecular flexibility index (Phi) is 11.2. The molecule has 5 atom stereocenters. The van der Waals surface area contributed by atoms with Crippen molar-refractivity contribution in [3.8, 4) is 6.07 Å². The number of nitrogens with zero attached hydrogens (tertiary/aromatic N) is 1. The first kappa shape index (κ1) is 30.4. The molecule has 0 spiro atoms. The van der Waals surface area contributed by atoms with Crippen molar-refractivity contribution >= 4 is 23.7 Å². The van der Waals surface area contributed by atoms with Crippen LogP contribution in [0.5, 0.6) is 0 Å². The number of hydrogen-bond acceptors (Lipinski definition) is 6. The van der Waals surface area contributed by atoms with Crippen LogP contribution in [-0.2, 0) is 36.8 Å². The standard InChI is InChI=1S/C31H38N4O5/c1-4-5-11-20(2)27-18-28(36)34-25(17-23-14-9-10-15-24(23)19-32)30(38)33-21(3)29(37)35-26(31(39)40-27)16-22-12-7-6-8-13-22/h6-10,12-15,20-21,25-27H,4-5,11,16-18H2,1-3H3,(H,33,38)(H,34,36)(H,35,37)/t20-,21-,25+,26+,27+/m0/s1. The zero-order valence-corrected chi connectivity index (χ0v) is 23.3. The summed E-state index contributed by atoms with van der Waals surface area (Å²) >= 11 is 0. The second-order valence-corrected chi connectivity index (χ2v) is 10.4. The summed E-state index contributed by atoms with van der Waals surface area (Å²) in [5.41, 5.74) is 1.81. The maximum absolute atomic E-state index is 13.4. The molecule has 9 nitrogen and oxygen atoms in total. The molecule has 3 rings (SSSR count). The molecule has 1 aliphatic rings. The fraction of sp³-hybridized carbons (Fsp3) is 0.452. The molecule has 1 saturated heterocycles. The van der Waals surface area contributed by atoms with E-state index in [0.717, 1.165) is 24.8 Å². The van der Waals surface area contributed by atoms with E-state index >= 15 is 0 Å². The molecule has 0 bridgehead atoms. The molecule has 3 amide bonds. The number of rotatable bonds is 8. The molecule has 40 heavy (non-hydrogen) atoms. The van der Waals surface area contributed by atoms with Crippen molar-refractivity contribution in [1.82, 2.24) is 16.0 Å². The van der Waals surface area contributed by atoms with Crippen LogP contribution in [0.1, 0.15) is 63.1 Å². The minimum Gasteiger partial charge on any atom is -0.460 e. The Hall–Kier alpha value is -4.19. The molecule has 1 fully saturated rings. The number of unbranched alkanes of at least 4 members (excludes halogenated alkanes) is 1. The number of carbonyl (C=O) groups excluding carboxylic acids is 4. The first-order valence-electron chi connectivity index (χ1n) is 13.8. The molecule has 0 aromatic heterocycles. The summed E-state index contributed by atoms with van der Waals surface area (Å²) in [6.45, 7) is 5.50. The number of amides is 3. The molecule has 2 aromatic rings. The predicted molar refractivity (Wildman–Crippen MR) is 150 cm³/mol. The van der Waals surface area contributed by atoms with Gasteiger partial charge >= 0.3 is 5.97 Å². The number of esters is 1. The van der Waals surface area contributed by atoms with Crippen molar-refractivity contribution in [1.29, 1.82) is 5.26 Å². The highest BCUT2D eigenvalue weighted by Crippen LogP contribution is 2.20. The van der Waals surface area contributed by atoms with E-state index in [-0.39, 0.29) is 25.2 Å². The Morgan fingerprint density at radius 2 is 1.62 bits per heavy atom. The van der Waals surface area contributed by atoms with Crippen LogP contribution >= 0.6 is 0 Å². The molecule has 0 saturated carbocycles. The average molecular weight is 547 g/mol. The second kappa shape index (κ2) is 14.8. The van der Waals surface area contributed by atoms with Crippen LogP contribution in [0.15, 0.2) is 54.6 Å². The van der Waals surface area contributed by atoms with Crippen molar-refractivity contribution in [3.05, 3.63) is 71.3 Å². The van der Waals surface area contributed by atoms with E-state index < -0.39 is 47.9 Å². The van der Waals surface area contributed by atoms with Gasteiger partial charge in [0.05, 0.1) is 18.1 Å². The molecule has 0 unspecified atom stereocenters. The lowest BCUT2D eigenvalue weighted by molar-refractivity contribution is -0.157. The average Bonchev–Trinajstić information content (AvgIpc) is 2.95. The van der Waals surface area contributed by atoms with Gasteiger partial charge < -0.3 is 20.7 Å². The van der Waals surface area contributed by atoms with Gasteiger partial charge in [-0.2, -0.15) is 5.26 Å². The summed E-state index contributed by atoms with van der Waals surface area (Å²) in [4.78, 5) is 53.1. The number of nitrogens with one attached hydrogen (secondary N) is 3. The van der Waals surface area contributed by atoms with Gasteiger partial charge in [-0.1, -0.05) is 75.2 Å². The van der Waals surface area contributed by atoms with Crippen molar-refractivity contribution in [2.24, 2.45) is 5.92 Å². The zero-order chi connectivity index (χ0) is 29.1. The van der Waals surface area contributed by atoms with Crippen LogP contribution in [0.25, 0.3) is 0 Å². The van der Waals surface area contributed by atoms with Crippen LogP contribution in [0, 0.1) is 17.2 Å². The molecule has 212 valence electrons. The maximum atomic E-state index is 13.4. The van der Waals surface area contributed by atoms with Gasteiger partial charge in [0.2, 0.25) is 17.7 Å². The summed E-state index contributed by atoms with van der Waals surface area (Å²) in [5, 5.41) is 17.7. The first-order chi connectivity index (χ1) is 19.2. The van der Waals surface area contributed by atoms with Crippen LogP contribution in [0.4, 0.5) is 0 Å². The van der Waals surface area contributed by atoms with Crippen LogP contribution < -0.4 is 16.0 Å². The summed E-state index contributed by atoms with van der Waals surface area (Å²) in [6.07, 6.45) is 1.96.